The van der Waals surface area contributed by atoms with Gasteiger partial charge >= 0.3 is 0 Å². The minimum atomic E-state index is -0.840. The van der Waals surface area contributed by atoms with E-state index < -0.39 is 23.7 Å². The Morgan fingerprint density at radius 3 is 2.66 bits per heavy atom. The van der Waals surface area contributed by atoms with Crippen LogP contribution in [-0.4, -0.2) is 32.6 Å². The molecule has 0 radical (unpaired) electrons. The van der Waals surface area contributed by atoms with Gasteiger partial charge in [0.25, 0.3) is 5.91 Å². The summed E-state index contributed by atoms with van der Waals surface area (Å²) in [5.74, 6) is -2.41. The maximum atomic E-state index is 14.5. The van der Waals surface area contributed by atoms with Crippen LogP contribution in [-0.2, 0) is 11.8 Å². The maximum Gasteiger partial charge on any atom is 0.252 e. The van der Waals surface area contributed by atoms with Gasteiger partial charge in [-0.05, 0) is 30.7 Å². The normalized spacial score (nSPS) is 12.0. The van der Waals surface area contributed by atoms with Crippen molar-refractivity contribution in [2.45, 2.75) is 25.8 Å². The van der Waals surface area contributed by atoms with E-state index in [1.165, 1.54) is 0 Å². The fourth-order valence-electron chi connectivity index (χ4n) is 2.99. The van der Waals surface area contributed by atoms with E-state index in [-0.39, 0.29) is 17.2 Å². The molecule has 0 fully saturated rings. The lowest BCUT2D eigenvalue weighted by molar-refractivity contribution is -0.118. The molecule has 10 heteroatoms. The van der Waals surface area contributed by atoms with Crippen LogP contribution in [0.5, 0.6) is 0 Å². The maximum absolute atomic E-state index is 14.5. The highest BCUT2D eigenvalue weighted by molar-refractivity contribution is 5.99. The van der Waals surface area contributed by atoms with Crippen LogP contribution in [0, 0.1) is 5.82 Å². The van der Waals surface area contributed by atoms with Gasteiger partial charge in [-0.3, -0.25) is 14.3 Å². The number of fused-ring (bicyclic) bond motifs is 1. The van der Waals surface area contributed by atoms with Crippen molar-refractivity contribution in [1.82, 2.24) is 14.8 Å². The van der Waals surface area contributed by atoms with Crippen molar-refractivity contribution in [2.75, 3.05) is 10.6 Å². The van der Waals surface area contributed by atoms with Crippen LogP contribution >= 0.6 is 0 Å². The Bertz CT molecular complexity index is 1080. The predicted molar refractivity (Wildman–Crippen MR) is 108 cm³/mol. The van der Waals surface area contributed by atoms with Crippen LogP contribution < -0.4 is 22.1 Å². The number of amides is 2. The number of nitrogens with one attached hydrogen (secondary N) is 2. The third-order valence-corrected chi connectivity index (χ3v) is 4.48. The Morgan fingerprint density at radius 2 is 2.00 bits per heavy atom. The number of nitrogens with two attached hydrogens (primary N) is 2. The molecule has 6 N–H and O–H groups in total. The zero-order valence-corrected chi connectivity index (χ0v) is 16.1. The lowest BCUT2D eigenvalue weighted by Crippen LogP contribution is -2.36. The molecule has 3 aromatic rings. The fourth-order valence-corrected chi connectivity index (χ4v) is 2.99. The Kier molecular flexibility index (Phi) is 5.62. The number of benzene rings is 1. The molecule has 9 nitrogen and oxygen atoms in total. The second-order valence-electron chi connectivity index (χ2n) is 6.63. The first-order valence-corrected chi connectivity index (χ1v) is 9.05. The minimum Gasteiger partial charge on any atom is -0.368 e. The number of rotatable bonds is 8. The van der Waals surface area contributed by atoms with Crippen molar-refractivity contribution >= 4 is 40.0 Å². The van der Waals surface area contributed by atoms with Gasteiger partial charge in [0.15, 0.2) is 11.6 Å². The van der Waals surface area contributed by atoms with Gasteiger partial charge in [0.2, 0.25) is 5.91 Å². The zero-order chi connectivity index (χ0) is 21.1. The van der Waals surface area contributed by atoms with Crippen molar-refractivity contribution in [2.24, 2.45) is 18.5 Å². The van der Waals surface area contributed by atoms with Gasteiger partial charge in [0.05, 0.1) is 17.3 Å². The van der Waals surface area contributed by atoms with Crippen LogP contribution in [0.25, 0.3) is 10.9 Å². The average molecular weight is 399 g/mol. The third kappa shape index (κ3) is 4.26. The number of pyridine rings is 1. The molecule has 0 saturated carbocycles. The van der Waals surface area contributed by atoms with Gasteiger partial charge in [0.1, 0.15) is 11.9 Å². The highest BCUT2D eigenvalue weighted by atomic mass is 19.1. The lowest BCUT2D eigenvalue weighted by Gasteiger charge is -2.18. The quantitative estimate of drug-likeness (QED) is 0.457. The van der Waals surface area contributed by atoms with Crippen molar-refractivity contribution in [3.05, 3.63) is 41.8 Å². The lowest BCUT2D eigenvalue weighted by atomic mass is 10.1. The average Bonchev–Trinajstić information content (AvgIpc) is 3.03. The molecule has 29 heavy (non-hydrogen) atoms. The van der Waals surface area contributed by atoms with Crippen molar-refractivity contribution in [3.8, 4) is 0 Å². The summed E-state index contributed by atoms with van der Waals surface area (Å²) >= 11 is 0. The number of nitrogens with zero attached hydrogens (tertiary/aromatic N) is 3. The van der Waals surface area contributed by atoms with Gasteiger partial charge in [-0.25, -0.2) is 9.37 Å². The summed E-state index contributed by atoms with van der Waals surface area (Å²) in [5, 5.41) is 10.7. The third-order valence-electron chi connectivity index (χ3n) is 4.48. The van der Waals surface area contributed by atoms with Crippen LogP contribution in [0.2, 0.25) is 0 Å². The SMILES string of the molecule is CCC[C@@H](Nc1nc(Nc2ccc3c(cnn3C)c2)c(C(N)=O)cc1F)C(N)=O. The number of aromatic nitrogens is 3. The molecule has 0 spiro atoms. The molecular formula is C19H22FN7O2. The standard InChI is InChI=1S/C19H22FN7O2/c1-3-4-14(17(22)29)25-19-13(20)8-12(16(21)28)18(26-19)24-11-5-6-15-10(7-11)9-23-27(15)2/h5-9,14H,3-4H2,1-2H3,(H2,21,28)(H2,22,29)(H2,24,25,26)/t14-/m1/s1. The van der Waals surface area contributed by atoms with Crippen molar-refractivity contribution in [3.63, 3.8) is 0 Å². The molecule has 1 atom stereocenters. The van der Waals surface area contributed by atoms with Gasteiger partial charge in [-0.1, -0.05) is 13.3 Å². The molecular weight excluding hydrogens is 377 g/mol. The largest absolute Gasteiger partial charge is 0.368 e. The number of hydrogen-bond donors (Lipinski definition) is 4. The summed E-state index contributed by atoms with van der Waals surface area (Å²) in [6, 6.07) is 5.62. The Balaban J connectivity index is 1.98. The number of halogens is 1. The number of hydrogen-bond acceptors (Lipinski definition) is 6. The second-order valence-corrected chi connectivity index (χ2v) is 6.63. The smallest absolute Gasteiger partial charge is 0.252 e. The minimum absolute atomic E-state index is 0.0596. The van der Waals surface area contributed by atoms with E-state index in [0.717, 1.165) is 17.0 Å². The van der Waals surface area contributed by atoms with Crippen LogP contribution in [0.3, 0.4) is 0 Å². The van der Waals surface area contributed by atoms with Crippen molar-refractivity contribution in [1.29, 1.82) is 0 Å². The zero-order valence-electron chi connectivity index (χ0n) is 16.1. The number of carbonyl (C=O) groups excluding carboxylic acids is 2. The summed E-state index contributed by atoms with van der Waals surface area (Å²) in [6.07, 6.45) is 2.77. The fraction of sp³-hybridized carbons (Fsp3) is 0.263. The molecule has 0 bridgehead atoms. The van der Waals surface area contributed by atoms with E-state index in [1.54, 1.807) is 16.9 Å². The van der Waals surface area contributed by atoms with E-state index >= 15 is 0 Å². The Morgan fingerprint density at radius 1 is 1.24 bits per heavy atom. The highest BCUT2D eigenvalue weighted by Gasteiger charge is 2.20. The molecule has 2 heterocycles. The highest BCUT2D eigenvalue weighted by Crippen LogP contribution is 2.26. The molecule has 1 aromatic carbocycles. The monoisotopic (exact) mass is 399 g/mol. The van der Waals surface area contributed by atoms with Crippen LogP contribution in [0.15, 0.2) is 30.5 Å². The second kappa shape index (κ2) is 8.13. The first kappa shape index (κ1) is 20.1. The van der Waals surface area contributed by atoms with E-state index in [9.17, 15) is 14.0 Å². The molecule has 0 saturated heterocycles. The molecule has 2 aromatic heterocycles. The predicted octanol–water partition coefficient (Wildman–Crippen LogP) is 2.02. The van der Waals surface area contributed by atoms with Gasteiger partial charge in [0, 0.05) is 18.1 Å². The number of anilines is 3. The Labute approximate surface area is 166 Å². The van der Waals surface area contributed by atoms with Gasteiger partial charge in [-0.15, -0.1) is 0 Å². The summed E-state index contributed by atoms with van der Waals surface area (Å²) in [6.45, 7) is 1.87. The Hall–Kier alpha value is -3.69. The van der Waals surface area contributed by atoms with Crippen LogP contribution in [0.4, 0.5) is 21.7 Å². The summed E-state index contributed by atoms with van der Waals surface area (Å²) < 4.78 is 16.2. The first-order valence-electron chi connectivity index (χ1n) is 9.05. The number of aryl methyl sites for hydroxylation is 1. The van der Waals surface area contributed by atoms with Gasteiger partial charge in [-0.2, -0.15) is 5.10 Å². The van der Waals surface area contributed by atoms with E-state index in [1.807, 2.05) is 26.1 Å². The molecule has 0 aliphatic heterocycles. The van der Waals surface area contributed by atoms with Crippen molar-refractivity contribution < 1.29 is 14.0 Å². The molecule has 0 aliphatic rings. The van der Waals surface area contributed by atoms with E-state index in [4.69, 9.17) is 11.5 Å². The van der Waals surface area contributed by atoms with Crippen LogP contribution in [0.1, 0.15) is 30.1 Å². The molecule has 152 valence electrons. The van der Waals surface area contributed by atoms with E-state index in [2.05, 4.69) is 20.7 Å². The molecule has 0 aliphatic carbocycles. The first-order chi connectivity index (χ1) is 13.8. The summed E-state index contributed by atoms with van der Waals surface area (Å²) in [5.41, 5.74) is 12.2. The van der Waals surface area contributed by atoms with E-state index in [0.29, 0.717) is 18.5 Å². The topological polar surface area (TPSA) is 141 Å². The summed E-state index contributed by atoms with van der Waals surface area (Å²) in [4.78, 5) is 27.5. The molecule has 0 unspecified atom stereocenters. The molecule has 2 amide bonds. The number of carbonyl (C=O) groups is 2. The van der Waals surface area contributed by atoms with Gasteiger partial charge < -0.3 is 22.1 Å². The summed E-state index contributed by atoms with van der Waals surface area (Å²) in [7, 11) is 1.82. The molecule has 3 rings (SSSR count). The number of primary amides is 2.